The fraction of sp³-hybridized carbons (Fsp3) is 0.250. The van der Waals surface area contributed by atoms with Gasteiger partial charge in [0.25, 0.3) is 0 Å². The fourth-order valence-electron chi connectivity index (χ4n) is 3.24. The predicted molar refractivity (Wildman–Crippen MR) is 107 cm³/mol. The summed E-state index contributed by atoms with van der Waals surface area (Å²) in [7, 11) is 0. The molecule has 0 bridgehead atoms. The van der Waals surface area contributed by atoms with Gasteiger partial charge in [-0.2, -0.15) is 13.2 Å². The summed E-state index contributed by atoms with van der Waals surface area (Å²) >= 11 is 13.5. The highest BCUT2D eigenvalue weighted by atomic mass is 35.5. The van der Waals surface area contributed by atoms with E-state index in [9.17, 15) is 13.2 Å². The van der Waals surface area contributed by atoms with Crippen molar-refractivity contribution in [3.05, 3.63) is 81.4 Å². The van der Waals surface area contributed by atoms with E-state index in [2.05, 4.69) is 9.97 Å². The summed E-state index contributed by atoms with van der Waals surface area (Å²) in [5.74, 6) is 0.754. The van der Waals surface area contributed by atoms with E-state index in [0.29, 0.717) is 21.4 Å². The van der Waals surface area contributed by atoms with Crippen LogP contribution in [-0.2, 0) is 23.9 Å². The fourth-order valence-corrected chi connectivity index (χ4v) is 5.13. The van der Waals surface area contributed by atoms with Crippen molar-refractivity contribution < 1.29 is 17.9 Å². The van der Waals surface area contributed by atoms with E-state index in [4.69, 9.17) is 27.9 Å². The van der Waals surface area contributed by atoms with E-state index in [1.165, 1.54) is 23.9 Å². The molecule has 1 N–H and O–H groups in total. The number of aromatic nitrogens is 2. The van der Waals surface area contributed by atoms with Crippen LogP contribution in [0.2, 0.25) is 10.0 Å². The van der Waals surface area contributed by atoms with Crippen LogP contribution in [0, 0.1) is 0 Å². The van der Waals surface area contributed by atoms with Crippen LogP contribution in [-0.4, -0.2) is 15.2 Å². The second-order valence-corrected chi connectivity index (χ2v) is 8.74. The standard InChI is InChI=1S/C20H15Cl2F3N2OS/c21-13-3-1-11(15(22)8-13)10-28-19-14-4-2-12(20(23,24)25)7-16(14)29-17(19)9-18-26-5-6-27-18/h1-8,17,19H,9-10H2,(H,26,27)/t17-,19-/m0/s1. The Kier molecular flexibility index (Phi) is 5.84. The lowest BCUT2D eigenvalue weighted by atomic mass is 10.0. The third kappa shape index (κ3) is 4.58. The number of fused-ring (bicyclic) bond motifs is 1. The van der Waals surface area contributed by atoms with Crippen molar-refractivity contribution in [2.75, 3.05) is 0 Å². The monoisotopic (exact) mass is 458 g/mol. The number of halogens is 5. The molecule has 152 valence electrons. The average molecular weight is 459 g/mol. The zero-order valence-electron chi connectivity index (χ0n) is 14.8. The first-order valence-electron chi connectivity index (χ1n) is 8.73. The number of imidazole rings is 1. The second-order valence-electron chi connectivity index (χ2n) is 6.61. The van der Waals surface area contributed by atoms with E-state index >= 15 is 0 Å². The molecule has 2 heterocycles. The van der Waals surface area contributed by atoms with Crippen LogP contribution >= 0.6 is 35.0 Å². The van der Waals surface area contributed by atoms with Crippen LogP contribution in [0.25, 0.3) is 0 Å². The zero-order valence-corrected chi connectivity index (χ0v) is 17.2. The number of hydrogen-bond acceptors (Lipinski definition) is 3. The molecule has 0 radical (unpaired) electrons. The molecular weight excluding hydrogens is 444 g/mol. The van der Waals surface area contributed by atoms with Gasteiger partial charge in [0.1, 0.15) is 5.82 Å². The van der Waals surface area contributed by atoms with Crippen molar-refractivity contribution in [2.24, 2.45) is 0 Å². The number of H-pyrrole nitrogens is 1. The van der Waals surface area contributed by atoms with Crippen LogP contribution in [0.5, 0.6) is 0 Å². The first-order chi connectivity index (χ1) is 13.8. The van der Waals surface area contributed by atoms with E-state index in [0.717, 1.165) is 23.0 Å². The Labute approximate surface area is 179 Å². The first-order valence-corrected chi connectivity index (χ1v) is 10.4. The minimum Gasteiger partial charge on any atom is -0.368 e. The molecule has 0 fully saturated rings. The van der Waals surface area contributed by atoms with E-state index < -0.39 is 17.8 Å². The maximum atomic E-state index is 13.1. The van der Waals surface area contributed by atoms with Crippen molar-refractivity contribution in [1.29, 1.82) is 0 Å². The van der Waals surface area contributed by atoms with Crippen LogP contribution < -0.4 is 0 Å². The van der Waals surface area contributed by atoms with Gasteiger partial charge >= 0.3 is 6.18 Å². The van der Waals surface area contributed by atoms with Crippen molar-refractivity contribution in [1.82, 2.24) is 9.97 Å². The summed E-state index contributed by atoms with van der Waals surface area (Å²) in [6.07, 6.45) is -0.885. The molecule has 3 nitrogen and oxygen atoms in total. The largest absolute Gasteiger partial charge is 0.416 e. The Balaban J connectivity index is 1.60. The molecule has 2 atom stereocenters. The van der Waals surface area contributed by atoms with Crippen molar-refractivity contribution in [2.45, 2.75) is 35.5 Å². The van der Waals surface area contributed by atoms with Crippen LogP contribution in [0.1, 0.15) is 28.6 Å². The highest BCUT2D eigenvalue weighted by Gasteiger charge is 2.38. The molecular formula is C20H15Cl2F3N2OS. The summed E-state index contributed by atoms with van der Waals surface area (Å²) in [4.78, 5) is 7.85. The number of hydrogen-bond donors (Lipinski definition) is 1. The van der Waals surface area contributed by atoms with Gasteiger partial charge < -0.3 is 9.72 Å². The maximum Gasteiger partial charge on any atom is 0.416 e. The molecule has 9 heteroatoms. The number of nitrogens with one attached hydrogen (secondary N) is 1. The van der Waals surface area contributed by atoms with Crippen LogP contribution in [0.4, 0.5) is 13.2 Å². The first kappa shape index (κ1) is 20.6. The highest BCUT2D eigenvalue weighted by molar-refractivity contribution is 8.00. The normalized spacial score (nSPS) is 18.8. The number of rotatable bonds is 5. The van der Waals surface area contributed by atoms with E-state index in [1.807, 2.05) is 0 Å². The molecule has 0 saturated carbocycles. The maximum absolute atomic E-state index is 13.1. The van der Waals surface area contributed by atoms with Crippen molar-refractivity contribution >= 4 is 35.0 Å². The van der Waals surface area contributed by atoms with Gasteiger partial charge in [-0.05, 0) is 35.4 Å². The van der Waals surface area contributed by atoms with Crippen molar-refractivity contribution in [3.63, 3.8) is 0 Å². The zero-order chi connectivity index (χ0) is 20.6. The molecule has 1 aliphatic rings. The highest BCUT2D eigenvalue weighted by Crippen LogP contribution is 2.49. The number of thioether (sulfide) groups is 1. The third-order valence-electron chi connectivity index (χ3n) is 4.65. The summed E-state index contributed by atoms with van der Waals surface area (Å²) in [6.45, 7) is 0.219. The van der Waals surface area contributed by atoms with Gasteiger partial charge in [-0.25, -0.2) is 4.98 Å². The number of alkyl halides is 3. The number of benzene rings is 2. The summed E-state index contributed by atoms with van der Waals surface area (Å²) in [5, 5.41) is 0.889. The summed E-state index contributed by atoms with van der Waals surface area (Å²) in [6, 6.07) is 8.92. The molecule has 3 aromatic rings. The average Bonchev–Trinajstić information content (AvgIpc) is 3.28. The van der Waals surface area contributed by atoms with Gasteiger partial charge in [0.15, 0.2) is 0 Å². The molecule has 0 aliphatic carbocycles. The van der Waals surface area contributed by atoms with Crippen molar-refractivity contribution in [3.8, 4) is 0 Å². The molecule has 2 aromatic carbocycles. The van der Waals surface area contributed by atoms with Gasteiger partial charge in [0.05, 0.1) is 18.3 Å². The van der Waals surface area contributed by atoms with Gasteiger partial charge in [-0.1, -0.05) is 35.3 Å². The Hall–Kier alpha value is -1.67. The molecule has 0 spiro atoms. The summed E-state index contributed by atoms with van der Waals surface area (Å²) < 4.78 is 45.5. The van der Waals surface area contributed by atoms with Crippen LogP contribution in [0.15, 0.2) is 53.7 Å². The predicted octanol–water partition coefficient (Wildman–Crippen LogP) is 6.71. The quantitative estimate of drug-likeness (QED) is 0.461. The van der Waals surface area contributed by atoms with Gasteiger partial charge in [-0.15, -0.1) is 11.8 Å². The molecule has 1 aliphatic heterocycles. The Morgan fingerprint density at radius 2 is 1.97 bits per heavy atom. The molecule has 29 heavy (non-hydrogen) atoms. The summed E-state index contributed by atoms with van der Waals surface area (Å²) in [5.41, 5.74) is 0.838. The Bertz CT molecular complexity index is 1010. The second kappa shape index (κ2) is 8.22. The topological polar surface area (TPSA) is 37.9 Å². The van der Waals surface area contributed by atoms with E-state index in [1.54, 1.807) is 30.6 Å². The van der Waals surface area contributed by atoms with Gasteiger partial charge in [0.2, 0.25) is 0 Å². The number of ether oxygens (including phenoxy) is 1. The molecule has 4 rings (SSSR count). The number of nitrogens with zero attached hydrogens (tertiary/aromatic N) is 1. The van der Waals surface area contributed by atoms with Gasteiger partial charge in [-0.3, -0.25) is 0 Å². The Morgan fingerprint density at radius 3 is 2.66 bits per heavy atom. The van der Waals surface area contributed by atoms with Gasteiger partial charge in [0, 0.05) is 39.0 Å². The number of aromatic amines is 1. The smallest absolute Gasteiger partial charge is 0.368 e. The van der Waals surface area contributed by atoms with E-state index in [-0.39, 0.29) is 11.9 Å². The van der Waals surface area contributed by atoms with Crippen LogP contribution in [0.3, 0.4) is 0 Å². The Morgan fingerprint density at radius 1 is 1.14 bits per heavy atom. The molecule has 0 saturated heterocycles. The molecule has 0 amide bonds. The molecule has 0 unspecified atom stereocenters. The lowest BCUT2D eigenvalue weighted by Gasteiger charge is -2.20. The SMILES string of the molecule is FC(F)(F)c1ccc2c(c1)S[C@@H](Cc1ncc[nH]1)[C@H]2OCc1ccc(Cl)cc1Cl. The lowest BCUT2D eigenvalue weighted by Crippen LogP contribution is -2.17. The third-order valence-corrected chi connectivity index (χ3v) is 6.56. The minimum absolute atomic E-state index is 0.120. The molecule has 1 aromatic heterocycles. The minimum atomic E-state index is -4.39. The lowest BCUT2D eigenvalue weighted by molar-refractivity contribution is -0.137.